The first kappa shape index (κ1) is 31.2. The van der Waals surface area contributed by atoms with Gasteiger partial charge in [0.1, 0.15) is 6.54 Å². The lowest BCUT2D eigenvalue weighted by molar-refractivity contribution is -0.217. The predicted octanol–water partition coefficient (Wildman–Crippen LogP) is -1.80. The summed E-state index contributed by atoms with van der Waals surface area (Å²) in [7, 11) is 1.45. The van der Waals surface area contributed by atoms with Gasteiger partial charge in [0.2, 0.25) is 5.91 Å². The van der Waals surface area contributed by atoms with Gasteiger partial charge in [0.05, 0.1) is 39.3 Å². The van der Waals surface area contributed by atoms with Gasteiger partial charge >= 0.3 is 23.9 Å². The Balaban J connectivity index is 3.04. The van der Waals surface area contributed by atoms with Crippen LogP contribution in [-0.4, -0.2) is 146 Å². The van der Waals surface area contributed by atoms with Gasteiger partial charge in [-0.25, -0.2) is 0 Å². The molecule has 1 aliphatic rings. The Morgan fingerprint density at radius 2 is 1.11 bits per heavy atom. The molecule has 0 radical (unpaired) electrons. The maximum absolute atomic E-state index is 12.9. The first-order chi connectivity index (χ1) is 17.0. The first-order valence-electron chi connectivity index (χ1n) is 11.5. The summed E-state index contributed by atoms with van der Waals surface area (Å²) in [5.74, 6) is -3.15. The second-order valence-electron chi connectivity index (χ2n) is 8.01. The molecule has 1 fully saturated rings. The van der Waals surface area contributed by atoms with Crippen LogP contribution in [0.3, 0.4) is 0 Å². The Hall–Kier alpha value is -2.85. The lowest BCUT2D eigenvalue weighted by Crippen LogP contribution is -2.49. The van der Waals surface area contributed by atoms with Crippen LogP contribution in [0.1, 0.15) is 20.8 Å². The summed E-state index contributed by atoms with van der Waals surface area (Å²) < 4.78 is 4.98. The second-order valence-corrected chi connectivity index (χ2v) is 8.01. The number of hydroxylamine groups is 6. The largest absolute Gasteiger partial charge is 0.480 e. The highest BCUT2D eigenvalue weighted by molar-refractivity contribution is 5.82. The summed E-state index contributed by atoms with van der Waals surface area (Å²) in [5, 5.41) is 13.4. The molecular weight excluding hydrogens is 482 g/mol. The number of hydrogen-bond donors (Lipinski definition) is 1. The zero-order chi connectivity index (χ0) is 27.1. The number of nitrogens with zero attached hydrogens (tertiary/aromatic N) is 5. The SMILES string of the molecule is COCCN(CC(=O)O)C(=O)CN1CCN(OC(C)=O)CCN(OC(C)=O)CCN(OC(C)=O)CC1. The van der Waals surface area contributed by atoms with Crippen LogP contribution in [0.4, 0.5) is 0 Å². The molecule has 1 amide bonds. The van der Waals surface area contributed by atoms with Gasteiger partial charge in [0, 0.05) is 60.6 Å². The molecule has 0 aromatic rings. The van der Waals surface area contributed by atoms with Crippen LogP contribution in [0.15, 0.2) is 0 Å². The van der Waals surface area contributed by atoms with E-state index in [-0.39, 0.29) is 72.1 Å². The number of carbonyl (C=O) groups excluding carboxylic acids is 4. The first-order valence-corrected chi connectivity index (χ1v) is 11.5. The summed E-state index contributed by atoms with van der Waals surface area (Å²) in [5.41, 5.74) is 0. The highest BCUT2D eigenvalue weighted by atomic mass is 16.7. The number of ether oxygens (including phenoxy) is 1. The van der Waals surface area contributed by atoms with Gasteiger partial charge < -0.3 is 29.3 Å². The fourth-order valence-corrected chi connectivity index (χ4v) is 3.32. The fourth-order valence-electron chi connectivity index (χ4n) is 3.32. The molecule has 0 bridgehead atoms. The van der Waals surface area contributed by atoms with Gasteiger partial charge in [-0.1, -0.05) is 0 Å². The third-order valence-corrected chi connectivity index (χ3v) is 4.90. The van der Waals surface area contributed by atoms with E-state index in [1.807, 2.05) is 0 Å². The lowest BCUT2D eigenvalue weighted by Gasteiger charge is -2.32. The highest BCUT2D eigenvalue weighted by Crippen LogP contribution is 2.04. The number of carbonyl (C=O) groups is 5. The van der Waals surface area contributed by atoms with E-state index in [0.29, 0.717) is 0 Å². The molecular formula is C21H37N5O10. The Labute approximate surface area is 210 Å². The van der Waals surface area contributed by atoms with E-state index >= 15 is 0 Å². The van der Waals surface area contributed by atoms with Gasteiger partial charge in [0.15, 0.2) is 0 Å². The second kappa shape index (κ2) is 16.8. The van der Waals surface area contributed by atoms with Crippen molar-refractivity contribution in [2.24, 2.45) is 0 Å². The van der Waals surface area contributed by atoms with Crippen molar-refractivity contribution in [2.45, 2.75) is 20.8 Å². The minimum Gasteiger partial charge on any atom is -0.480 e. The van der Waals surface area contributed by atoms with Gasteiger partial charge in [-0.05, 0) is 0 Å². The zero-order valence-electron chi connectivity index (χ0n) is 21.3. The molecule has 1 saturated heterocycles. The number of carboxylic acid groups (broad SMARTS) is 1. The molecule has 0 spiro atoms. The van der Waals surface area contributed by atoms with Crippen molar-refractivity contribution in [1.82, 2.24) is 25.0 Å². The third kappa shape index (κ3) is 13.9. The van der Waals surface area contributed by atoms with E-state index in [0.717, 1.165) is 0 Å². The number of carboxylic acids is 1. The molecule has 15 nitrogen and oxygen atoms in total. The van der Waals surface area contributed by atoms with Gasteiger partial charge in [-0.3, -0.25) is 28.9 Å². The van der Waals surface area contributed by atoms with Crippen molar-refractivity contribution in [3.05, 3.63) is 0 Å². The number of amides is 1. The van der Waals surface area contributed by atoms with Crippen LogP contribution in [-0.2, 0) is 43.2 Å². The number of rotatable bonds is 10. The zero-order valence-corrected chi connectivity index (χ0v) is 21.3. The van der Waals surface area contributed by atoms with Crippen molar-refractivity contribution in [1.29, 1.82) is 0 Å². The molecule has 0 aromatic carbocycles. The Morgan fingerprint density at radius 3 is 1.44 bits per heavy atom. The number of hydrogen-bond acceptors (Lipinski definition) is 13. The minimum atomic E-state index is -1.15. The smallest absolute Gasteiger partial charge is 0.323 e. The molecule has 0 saturated carbocycles. The minimum absolute atomic E-state index is 0.112. The standard InChI is InChI=1S/C21H37N5O10/c1-17(27)34-24-7-5-22(15-20(30)23(13-14-33-4)16-21(31)32)6-8-25(35-18(2)28)10-12-26(11-9-24)36-19(3)29/h5-16H2,1-4H3,(H,31,32). The molecule has 0 aromatic heterocycles. The quantitative estimate of drug-likeness (QED) is 0.344. The van der Waals surface area contributed by atoms with Crippen molar-refractivity contribution in [3.63, 3.8) is 0 Å². The van der Waals surface area contributed by atoms with Crippen molar-refractivity contribution in [3.8, 4) is 0 Å². The van der Waals surface area contributed by atoms with E-state index in [9.17, 15) is 24.0 Å². The number of methoxy groups -OCH3 is 1. The average Bonchev–Trinajstić information content (AvgIpc) is 2.76. The van der Waals surface area contributed by atoms with E-state index in [4.69, 9.17) is 24.4 Å². The Morgan fingerprint density at radius 1 is 0.722 bits per heavy atom. The lowest BCUT2D eigenvalue weighted by atomic mass is 10.3. The van der Waals surface area contributed by atoms with E-state index in [1.54, 1.807) is 4.90 Å². The predicted molar refractivity (Wildman–Crippen MR) is 123 cm³/mol. The van der Waals surface area contributed by atoms with Crippen LogP contribution < -0.4 is 0 Å². The summed E-state index contributed by atoms with van der Waals surface area (Å²) in [6.07, 6.45) is 0. The molecule has 15 heteroatoms. The maximum atomic E-state index is 12.9. The van der Waals surface area contributed by atoms with Crippen LogP contribution in [0, 0.1) is 0 Å². The van der Waals surface area contributed by atoms with Gasteiger partial charge in [0.25, 0.3) is 0 Å². The highest BCUT2D eigenvalue weighted by Gasteiger charge is 2.24. The summed E-state index contributed by atoms with van der Waals surface area (Å²) >= 11 is 0. The molecule has 1 rings (SSSR count). The topological polar surface area (TPSA) is 159 Å². The summed E-state index contributed by atoms with van der Waals surface area (Å²) in [4.78, 5) is 77.4. The van der Waals surface area contributed by atoms with Crippen LogP contribution >= 0.6 is 0 Å². The van der Waals surface area contributed by atoms with Crippen molar-refractivity contribution in [2.75, 3.05) is 85.7 Å². The van der Waals surface area contributed by atoms with Crippen LogP contribution in [0.25, 0.3) is 0 Å². The molecule has 1 heterocycles. The number of aliphatic carboxylic acids is 1. The summed E-state index contributed by atoms with van der Waals surface area (Å²) in [6.45, 7) is 5.25. The summed E-state index contributed by atoms with van der Waals surface area (Å²) in [6, 6.07) is 0. The molecule has 0 atom stereocenters. The van der Waals surface area contributed by atoms with E-state index in [2.05, 4.69) is 0 Å². The van der Waals surface area contributed by atoms with E-state index < -0.39 is 36.3 Å². The Kier molecular flexibility index (Phi) is 14.5. The molecule has 1 N–H and O–H groups in total. The van der Waals surface area contributed by atoms with Gasteiger partial charge in [-0.2, -0.15) is 0 Å². The molecule has 1 aliphatic heterocycles. The van der Waals surface area contributed by atoms with Crippen LogP contribution in [0.5, 0.6) is 0 Å². The van der Waals surface area contributed by atoms with Crippen LogP contribution in [0.2, 0.25) is 0 Å². The molecule has 36 heavy (non-hydrogen) atoms. The van der Waals surface area contributed by atoms with Gasteiger partial charge in [-0.15, -0.1) is 15.2 Å². The molecule has 0 aliphatic carbocycles. The Bertz CT molecular complexity index is 721. The molecule has 206 valence electrons. The monoisotopic (exact) mass is 519 g/mol. The third-order valence-electron chi connectivity index (χ3n) is 4.90. The molecule has 0 unspecified atom stereocenters. The van der Waals surface area contributed by atoms with Crippen molar-refractivity contribution >= 4 is 29.8 Å². The van der Waals surface area contributed by atoms with Crippen molar-refractivity contribution < 1.29 is 48.3 Å². The maximum Gasteiger partial charge on any atom is 0.323 e. The average molecular weight is 520 g/mol. The normalized spacial score (nSPS) is 17.3. The fraction of sp³-hybridized carbons (Fsp3) is 0.762. The van der Waals surface area contributed by atoms with E-state index in [1.165, 1.54) is 48.0 Å².